The molecule has 1 heterocycles. The second-order valence-electron chi connectivity index (χ2n) is 4.83. The minimum atomic E-state index is -1.37. The lowest BCUT2D eigenvalue weighted by Crippen LogP contribution is -2.38. The van der Waals surface area contributed by atoms with Gasteiger partial charge in [0.15, 0.2) is 0 Å². The van der Waals surface area contributed by atoms with Gasteiger partial charge in [0, 0.05) is 17.8 Å². The average Bonchev–Trinajstić information content (AvgIpc) is 2.45. The zero-order valence-corrected chi connectivity index (χ0v) is 11.3. The van der Waals surface area contributed by atoms with Crippen LogP contribution in [-0.2, 0) is 5.60 Å². The molecule has 1 atom stereocenters. The Bertz CT molecular complexity index is 642. The Morgan fingerprint density at radius 3 is 2.57 bits per heavy atom. The average molecular weight is 292 g/mol. The summed E-state index contributed by atoms with van der Waals surface area (Å²) < 4.78 is 25.8. The van der Waals surface area contributed by atoms with Crippen molar-refractivity contribution >= 4 is 5.91 Å². The Balaban J connectivity index is 2.04. The van der Waals surface area contributed by atoms with Gasteiger partial charge in [0.25, 0.3) is 5.91 Å². The number of hydrogen-bond acceptors (Lipinski definition) is 3. The molecule has 4 nitrogen and oxygen atoms in total. The van der Waals surface area contributed by atoms with Crippen molar-refractivity contribution in [1.82, 2.24) is 10.3 Å². The highest BCUT2D eigenvalue weighted by Crippen LogP contribution is 2.20. The monoisotopic (exact) mass is 292 g/mol. The molecule has 2 N–H and O–H groups in total. The highest BCUT2D eigenvalue weighted by molar-refractivity contribution is 5.94. The maximum absolute atomic E-state index is 12.9. The molecule has 0 saturated heterocycles. The fraction of sp³-hybridized carbons (Fsp3) is 0.200. The molecule has 0 saturated carbocycles. The predicted molar refractivity (Wildman–Crippen MR) is 72.5 cm³/mol. The van der Waals surface area contributed by atoms with Crippen LogP contribution in [0.4, 0.5) is 8.78 Å². The van der Waals surface area contributed by atoms with Gasteiger partial charge in [0.05, 0.1) is 6.54 Å². The molecule has 0 aliphatic heterocycles. The summed E-state index contributed by atoms with van der Waals surface area (Å²) in [7, 11) is 0. The Morgan fingerprint density at radius 2 is 1.95 bits per heavy atom. The number of nitrogens with one attached hydrogen (secondary N) is 1. The molecule has 6 heteroatoms. The van der Waals surface area contributed by atoms with E-state index in [2.05, 4.69) is 10.3 Å². The van der Waals surface area contributed by atoms with Crippen LogP contribution < -0.4 is 5.32 Å². The molecule has 0 radical (unpaired) electrons. The molecule has 1 amide bonds. The maximum atomic E-state index is 12.9. The Kier molecular flexibility index (Phi) is 4.28. The van der Waals surface area contributed by atoms with Crippen molar-refractivity contribution in [3.05, 3.63) is 65.5 Å². The molecule has 0 aliphatic carbocycles. The number of amides is 1. The first-order chi connectivity index (χ1) is 9.88. The topological polar surface area (TPSA) is 62.2 Å². The number of benzene rings is 1. The van der Waals surface area contributed by atoms with Crippen LogP contribution in [0.5, 0.6) is 0 Å². The van der Waals surface area contributed by atoms with Crippen LogP contribution in [0.15, 0.2) is 42.6 Å². The van der Waals surface area contributed by atoms with Gasteiger partial charge in [0.2, 0.25) is 5.95 Å². The van der Waals surface area contributed by atoms with E-state index < -0.39 is 23.3 Å². The zero-order valence-electron chi connectivity index (χ0n) is 11.3. The third-order valence-corrected chi connectivity index (χ3v) is 3.05. The number of rotatable bonds is 4. The van der Waals surface area contributed by atoms with Gasteiger partial charge in [-0.25, -0.2) is 9.37 Å². The van der Waals surface area contributed by atoms with Crippen molar-refractivity contribution in [3.63, 3.8) is 0 Å². The van der Waals surface area contributed by atoms with Crippen LogP contribution in [-0.4, -0.2) is 22.5 Å². The predicted octanol–water partition coefficient (Wildman–Crippen LogP) is 2.00. The largest absolute Gasteiger partial charge is 0.384 e. The van der Waals surface area contributed by atoms with Gasteiger partial charge in [0.1, 0.15) is 11.4 Å². The van der Waals surface area contributed by atoms with E-state index in [1.165, 1.54) is 43.5 Å². The van der Waals surface area contributed by atoms with E-state index in [9.17, 15) is 18.7 Å². The summed E-state index contributed by atoms with van der Waals surface area (Å²) in [5.74, 6) is -1.70. The summed E-state index contributed by atoms with van der Waals surface area (Å²) in [4.78, 5) is 15.2. The van der Waals surface area contributed by atoms with Gasteiger partial charge in [-0.1, -0.05) is 12.1 Å². The fourth-order valence-corrected chi connectivity index (χ4v) is 1.81. The first kappa shape index (κ1) is 15.1. The lowest BCUT2D eigenvalue weighted by Gasteiger charge is -2.24. The van der Waals surface area contributed by atoms with E-state index in [1.807, 2.05) is 0 Å². The van der Waals surface area contributed by atoms with Crippen molar-refractivity contribution in [2.24, 2.45) is 0 Å². The number of nitrogens with zero attached hydrogens (tertiary/aromatic N) is 1. The van der Waals surface area contributed by atoms with Crippen molar-refractivity contribution in [1.29, 1.82) is 0 Å². The van der Waals surface area contributed by atoms with Gasteiger partial charge < -0.3 is 10.4 Å². The summed E-state index contributed by atoms with van der Waals surface area (Å²) in [6, 6.07) is 7.70. The van der Waals surface area contributed by atoms with Crippen LogP contribution in [0.25, 0.3) is 0 Å². The first-order valence-corrected chi connectivity index (χ1v) is 6.27. The molecule has 2 aromatic rings. The van der Waals surface area contributed by atoms with Crippen LogP contribution >= 0.6 is 0 Å². The van der Waals surface area contributed by atoms with Crippen LogP contribution in [0.3, 0.4) is 0 Å². The molecule has 1 unspecified atom stereocenters. The van der Waals surface area contributed by atoms with E-state index in [-0.39, 0.29) is 12.1 Å². The Morgan fingerprint density at radius 1 is 1.29 bits per heavy atom. The number of carbonyl (C=O) groups excluding carboxylic acids is 1. The van der Waals surface area contributed by atoms with Crippen LogP contribution in [0.1, 0.15) is 22.8 Å². The number of aromatic nitrogens is 1. The van der Waals surface area contributed by atoms with E-state index in [4.69, 9.17) is 0 Å². The highest BCUT2D eigenvalue weighted by atomic mass is 19.1. The van der Waals surface area contributed by atoms with Gasteiger partial charge in [-0.15, -0.1) is 0 Å². The minimum absolute atomic E-state index is 0.0958. The van der Waals surface area contributed by atoms with Crippen molar-refractivity contribution in [3.8, 4) is 0 Å². The van der Waals surface area contributed by atoms with Crippen molar-refractivity contribution in [2.45, 2.75) is 12.5 Å². The van der Waals surface area contributed by atoms with Gasteiger partial charge in [-0.3, -0.25) is 4.79 Å². The van der Waals surface area contributed by atoms with E-state index in [1.54, 1.807) is 0 Å². The first-order valence-electron chi connectivity index (χ1n) is 6.27. The molecular formula is C15H14F2N2O2. The third kappa shape index (κ3) is 3.82. The maximum Gasteiger partial charge on any atom is 0.251 e. The lowest BCUT2D eigenvalue weighted by atomic mass is 9.96. The van der Waals surface area contributed by atoms with E-state index in [0.717, 1.165) is 6.07 Å². The van der Waals surface area contributed by atoms with Gasteiger partial charge in [-0.05, 0) is 30.7 Å². The van der Waals surface area contributed by atoms with Crippen LogP contribution in [0.2, 0.25) is 0 Å². The van der Waals surface area contributed by atoms with E-state index in [0.29, 0.717) is 5.56 Å². The highest BCUT2D eigenvalue weighted by Gasteiger charge is 2.24. The molecule has 0 fully saturated rings. The second kappa shape index (κ2) is 5.97. The molecule has 1 aromatic carbocycles. The summed E-state index contributed by atoms with van der Waals surface area (Å²) in [5.41, 5.74) is -0.794. The second-order valence-corrected chi connectivity index (χ2v) is 4.83. The summed E-state index contributed by atoms with van der Waals surface area (Å²) in [6.07, 6.45) is 1.18. The van der Waals surface area contributed by atoms with Gasteiger partial charge in [-0.2, -0.15) is 4.39 Å². The summed E-state index contributed by atoms with van der Waals surface area (Å²) in [6.45, 7) is 1.40. The number of aliphatic hydroxyl groups is 1. The Labute approximate surface area is 120 Å². The van der Waals surface area contributed by atoms with Crippen molar-refractivity contribution in [2.75, 3.05) is 6.54 Å². The standard InChI is InChI=1S/C15H14F2N2O2/c1-15(21,11-2-4-12(16)5-3-11)9-19-14(20)10-6-7-18-13(17)8-10/h2-8,21H,9H2,1H3,(H,19,20). The molecule has 2 rings (SSSR count). The minimum Gasteiger partial charge on any atom is -0.384 e. The van der Waals surface area contributed by atoms with Crippen LogP contribution in [0, 0.1) is 11.8 Å². The fourth-order valence-electron chi connectivity index (χ4n) is 1.81. The lowest BCUT2D eigenvalue weighted by molar-refractivity contribution is 0.0526. The Hall–Kier alpha value is -2.34. The quantitative estimate of drug-likeness (QED) is 0.847. The number of carbonyl (C=O) groups is 1. The number of halogens is 2. The smallest absolute Gasteiger partial charge is 0.251 e. The summed E-state index contributed by atoms with van der Waals surface area (Å²) in [5, 5.41) is 12.8. The molecule has 0 spiro atoms. The SMILES string of the molecule is CC(O)(CNC(=O)c1ccnc(F)c1)c1ccc(F)cc1. The number of hydrogen-bond donors (Lipinski definition) is 2. The molecule has 1 aromatic heterocycles. The molecule has 0 aliphatic rings. The normalized spacial score (nSPS) is 13.5. The van der Waals surface area contributed by atoms with Gasteiger partial charge >= 0.3 is 0 Å². The molecule has 21 heavy (non-hydrogen) atoms. The summed E-state index contributed by atoms with van der Waals surface area (Å²) >= 11 is 0. The zero-order chi connectivity index (χ0) is 15.5. The molecular weight excluding hydrogens is 278 g/mol. The third-order valence-electron chi connectivity index (χ3n) is 3.05. The number of pyridine rings is 1. The van der Waals surface area contributed by atoms with E-state index >= 15 is 0 Å². The molecule has 110 valence electrons. The van der Waals surface area contributed by atoms with Crippen molar-refractivity contribution < 1.29 is 18.7 Å². The molecule has 0 bridgehead atoms.